The standard InChI is InChI=1S/C14H11NO5/c1-9-4-2-3-5-13(9)20-10-6-7-11(14(16)17)12(8-10)15(18)19/h2-8H,1H3,(H,16,17). The number of carbonyl (C=O) groups is 1. The molecule has 6 nitrogen and oxygen atoms in total. The van der Waals surface area contributed by atoms with Gasteiger partial charge < -0.3 is 9.84 Å². The van der Waals surface area contributed by atoms with Crippen LogP contribution in [-0.4, -0.2) is 16.0 Å². The molecule has 0 aliphatic rings. The van der Waals surface area contributed by atoms with Crippen molar-refractivity contribution in [3.8, 4) is 11.5 Å². The number of para-hydroxylation sites is 1. The highest BCUT2D eigenvalue weighted by Gasteiger charge is 2.20. The monoisotopic (exact) mass is 273 g/mol. The average Bonchev–Trinajstić information content (AvgIpc) is 2.41. The smallest absolute Gasteiger partial charge is 0.342 e. The minimum atomic E-state index is -1.35. The Morgan fingerprint density at radius 3 is 2.55 bits per heavy atom. The van der Waals surface area contributed by atoms with Crippen LogP contribution in [0.3, 0.4) is 0 Å². The lowest BCUT2D eigenvalue weighted by atomic mass is 10.1. The maximum Gasteiger partial charge on any atom is 0.342 e. The first-order valence-electron chi connectivity index (χ1n) is 5.74. The van der Waals surface area contributed by atoms with Crippen molar-refractivity contribution in [2.75, 3.05) is 0 Å². The molecule has 2 rings (SSSR count). The van der Waals surface area contributed by atoms with Crippen molar-refractivity contribution in [3.63, 3.8) is 0 Å². The number of carboxylic acids is 1. The molecule has 0 bridgehead atoms. The van der Waals surface area contributed by atoms with Crippen LogP contribution < -0.4 is 4.74 Å². The van der Waals surface area contributed by atoms with Gasteiger partial charge in [-0.2, -0.15) is 0 Å². The lowest BCUT2D eigenvalue weighted by Gasteiger charge is -2.08. The van der Waals surface area contributed by atoms with Gasteiger partial charge in [-0.3, -0.25) is 10.1 Å². The zero-order chi connectivity index (χ0) is 14.7. The Morgan fingerprint density at radius 1 is 1.25 bits per heavy atom. The minimum absolute atomic E-state index is 0.219. The molecule has 20 heavy (non-hydrogen) atoms. The van der Waals surface area contributed by atoms with Gasteiger partial charge in [0.25, 0.3) is 5.69 Å². The van der Waals surface area contributed by atoms with Crippen LogP contribution >= 0.6 is 0 Å². The second-order valence-electron chi connectivity index (χ2n) is 4.11. The van der Waals surface area contributed by atoms with Gasteiger partial charge in [-0.1, -0.05) is 18.2 Å². The van der Waals surface area contributed by atoms with Crippen molar-refractivity contribution in [1.29, 1.82) is 0 Å². The molecule has 1 N–H and O–H groups in total. The van der Waals surface area contributed by atoms with E-state index in [1.807, 2.05) is 19.1 Å². The predicted octanol–water partition coefficient (Wildman–Crippen LogP) is 3.39. The highest BCUT2D eigenvalue weighted by atomic mass is 16.6. The fraction of sp³-hybridized carbons (Fsp3) is 0.0714. The third-order valence-corrected chi connectivity index (χ3v) is 2.72. The van der Waals surface area contributed by atoms with Gasteiger partial charge in [0, 0.05) is 0 Å². The number of nitrogens with zero attached hydrogens (tertiary/aromatic N) is 1. The first-order valence-corrected chi connectivity index (χ1v) is 5.74. The van der Waals surface area contributed by atoms with E-state index in [1.165, 1.54) is 6.07 Å². The Balaban J connectivity index is 2.40. The summed E-state index contributed by atoms with van der Waals surface area (Å²) in [6.07, 6.45) is 0. The fourth-order valence-corrected chi connectivity index (χ4v) is 1.70. The van der Waals surface area contributed by atoms with E-state index in [0.29, 0.717) is 5.75 Å². The molecule has 0 spiro atoms. The molecule has 102 valence electrons. The highest BCUT2D eigenvalue weighted by molar-refractivity contribution is 5.92. The number of nitro groups is 1. The molecule has 0 amide bonds. The van der Waals surface area contributed by atoms with Crippen molar-refractivity contribution in [2.24, 2.45) is 0 Å². The Morgan fingerprint density at radius 2 is 1.95 bits per heavy atom. The van der Waals surface area contributed by atoms with Crippen molar-refractivity contribution in [3.05, 3.63) is 63.7 Å². The molecule has 0 saturated carbocycles. The van der Waals surface area contributed by atoms with Gasteiger partial charge in [0.05, 0.1) is 11.0 Å². The van der Waals surface area contributed by atoms with E-state index in [1.54, 1.807) is 12.1 Å². The predicted molar refractivity (Wildman–Crippen MR) is 71.3 cm³/mol. The summed E-state index contributed by atoms with van der Waals surface area (Å²) in [4.78, 5) is 21.0. The summed E-state index contributed by atoms with van der Waals surface area (Å²) < 4.78 is 5.54. The Labute approximate surface area is 114 Å². The number of ether oxygens (including phenoxy) is 1. The summed E-state index contributed by atoms with van der Waals surface area (Å²) in [6, 6.07) is 10.9. The molecule has 2 aromatic rings. The molecule has 2 aromatic carbocycles. The molecule has 0 unspecified atom stereocenters. The maximum atomic E-state index is 10.9. The summed E-state index contributed by atoms with van der Waals surface area (Å²) in [5, 5.41) is 19.8. The molecule has 6 heteroatoms. The summed E-state index contributed by atoms with van der Waals surface area (Å²) in [5.74, 6) is -0.569. The second-order valence-corrected chi connectivity index (χ2v) is 4.11. The molecular weight excluding hydrogens is 262 g/mol. The van der Waals surface area contributed by atoms with Gasteiger partial charge >= 0.3 is 5.97 Å². The lowest BCUT2D eigenvalue weighted by Crippen LogP contribution is -2.02. The Kier molecular flexibility index (Phi) is 3.65. The van der Waals surface area contributed by atoms with Gasteiger partial charge in [0.2, 0.25) is 0 Å². The number of rotatable bonds is 4. The third-order valence-electron chi connectivity index (χ3n) is 2.72. The lowest BCUT2D eigenvalue weighted by molar-refractivity contribution is -0.385. The molecule has 0 aromatic heterocycles. The average molecular weight is 273 g/mol. The van der Waals surface area contributed by atoms with Crippen molar-refractivity contribution in [2.45, 2.75) is 6.92 Å². The molecule has 0 aliphatic carbocycles. The largest absolute Gasteiger partial charge is 0.477 e. The molecule has 0 heterocycles. The number of nitro benzene ring substituents is 1. The van der Waals surface area contributed by atoms with E-state index < -0.39 is 16.6 Å². The third kappa shape index (κ3) is 2.74. The maximum absolute atomic E-state index is 10.9. The van der Waals surface area contributed by atoms with Crippen LogP contribution in [0.15, 0.2) is 42.5 Å². The number of hydrogen-bond donors (Lipinski definition) is 1. The number of carboxylic acid groups (broad SMARTS) is 1. The Bertz CT molecular complexity index is 681. The van der Waals surface area contributed by atoms with Crippen molar-refractivity contribution >= 4 is 11.7 Å². The number of aromatic carboxylic acids is 1. The van der Waals surface area contributed by atoms with E-state index in [0.717, 1.165) is 17.7 Å². The quantitative estimate of drug-likeness (QED) is 0.681. The normalized spacial score (nSPS) is 10.1. The molecular formula is C14H11NO5. The van der Waals surface area contributed by atoms with Crippen molar-refractivity contribution < 1.29 is 19.6 Å². The number of benzene rings is 2. The summed E-state index contributed by atoms with van der Waals surface area (Å²) in [5.41, 5.74) is 0.00758. The zero-order valence-electron chi connectivity index (χ0n) is 10.6. The van der Waals surface area contributed by atoms with Gasteiger partial charge in [-0.25, -0.2) is 4.79 Å². The molecule has 0 saturated heterocycles. The summed E-state index contributed by atoms with van der Waals surface area (Å²) in [7, 11) is 0. The van der Waals surface area contributed by atoms with Crippen LogP contribution in [0.25, 0.3) is 0 Å². The highest BCUT2D eigenvalue weighted by Crippen LogP contribution is 2.29. The van der Waals surface area contributed by atoms with Crippen LogP contribution in [0.2, 0.25) is 0 Å². The van der Waals surface area contributed by atoms with Crippen LogP contribution in [0.5, 0.6) is 11.5 Å². The first kappa shape index (κ1) is 13.5. The van der Waals surface area contributed by atoms with Crippen LogP contribution in [0.1, 0.15) is 15.9 Å². The van der Waals surface area contributed by atoms with Crippen LogP contribution in [-0.2, 0) is 0 Å². The molecule has 0 fully saturated rings. The van der Waals surface area contributed by atoms with E-state index in [-0.39, 0.29) is 11.3 Å². The summed E-state index contributed by atoms with van der Waals surface area (Å²) >= 11 is 0. The zero-order valence-corrected chi connectivity index (χ0v) is 10.6. The molecule has 0 aliphatic heterocycles. The van der Waals surface area contributed by atoms with E-state index in [9.17, 15) is 14.9 Å². The Hall–Kier alpha value is -2.89. The molecule has 0 atom stereocenters. The van der Waals surface area contributed by atoms with Gasteiger partial charge in [-0.15, -0.1) is 0 Å². The molecule has 0 radical (unpaired) electrons. The second kappa shape index (κ2) is 5.40. The number of aryl methyl sites for hydroxylation is 1. The number of hydrogen-bond acceptors (Lipinski definition) is 4. The SMILES string of the molecule is Cc1ccccc1Oc1ccc(C(=O)O)c([N+](=O)[O-])c1. The van der Waals surface area contributed by atoms with Gasteiger partial charge in [0.15, 0.2) is 0 Å². The topological polar surface area (TPSA) is 89.7 Å². The van der Waals surface area contributed by atoms with Gasteiger partial charge in [0.1, 0.15) is 17.1 Å². The first-order chi connectivity index (χ1) is 9.49. The fourth-order valence-electron chi connectivity index (χ4n) is 1.70. The van der Waals surface area contributed by atoms with Crippen LogP contribution in [0.4, 0.5) is 5.69 Å². The minimum Gasteiger partial charge on any atom is -0.477 e. The van der Waals surface area contributed by atoms with Crippen LogP contribution in [0, 0.1) is 17.0 Å². The van der Waals surface area contributed by atoms with Gasteiger partial charge in [-0.05, 0) is 30.7 Å². The summed E-state index contributed by atoms with van der Waals surface area (Å²) in [6.45, 7) is 1.84. The van der Waals surface area contributed by atoms with E-state index >= 15 is 0 Å². The van der Waals surface area contributed by atoms with Crippen molar-refractivity contribution in [1.82, 2.24) is 0 Å². The van der Waals surface area contributed by atoms with E-state index in [4.69, 9.17) is 9.84 Å². The van der Waals surface area contributed by atoms with E-state index in [2.05, 4.69) is 0 Å².